The summed E-state index contributed by atoms with van der Waals surface area (Å²) in [5.41, 5.74) is 3.87. The molecular formula is C14H13NS2. The highest BCUT2D eigenvalue weighted by atomic mass is 32.2. The van der Waals surface area contributed by atoms with E-state index in [0.29, 0.717) is 0 Å². The van der Waals surface area contributed by atoms with Crippen molar-refractivity contribution in [2.75, 3.05) is 6.26 Å². The van der Waals surface area contributed by atoms with Gasteiger partial charge in [-0.2, -0.15) is 5.26 Å². The zero-order valence-electron chi connectivity index (χ0n) is 9.75. The number of nitrogens with zero attached hydrogens (tertiary/aromatic N) is 1. The van der Waals surface area contributed by atoms with Gasteiger partial charge in [-0.15, -0.1) is 23.1 Å². The molecule has 3 rings (SSSR count). The number of hydrogen-bond donors (Lipinski definition) is 0. The van der Waals surface area contributed by atoms with Gasteiger partial charge in [0.1, 0.15) is 6.07 Å². The molecule has 1 aliphatic carbocycles. The number of thiophene rings is 1. The topological polar surface area (TPSA) is 23.8 Å². The smallest absolute Gasteiger partial charge is 0.101 e. The molecule has 0 aliphatic heterocycles. The van der Waals surface area contributed by atoms with Gasteiger partial charge in [0, 0.05) is 15.0 Å². The lowest BCUT2D eigenvalue weighted by Gasteiger charge is -2.20. The number of rotatable bonds is 1. The molecule has 0 bridgehead atoms. The third kappa shape index (κ3) is 1.59. The van der Waals surface area contributed by atoms with Crippen LogP contribution in [0.25, 0.3) is 10.1 Å². The van der Waals surface area contributed by atoms with E-state index in [1.807, 2.05) is 0 Å². The fourth-order valence-electron chi connectivity index (χ4n) is 2.76. The lowest BCUT2D eigenvalue weighted by atomic mass is 9.89. The summed E-state index contributed by atoms with van der Waals surface area (Å²) in [5, 5.41) is 12.7. The fourth-order valence-corrected chi connectivity index (χ4v) is 4.59. The van der Waals surface area contributed by atoms with Crippen LogP contribution in [-0.2, 0) is 12.8 Å². The monoisotopic (exact) mass is 259 g/mol. The molecule has 0 saturated heterocycles. The first-order valence-electron chi connectivity index (χ1n) is 5.85. The van der Waals surface area contributed by atoms with Crippen molar-refractivity contribution < 1.29 is 0 Å². The van der Waals surface area contributed by atoms with E-state index in [9.17, 15) is 5.26 Å². The second-order valence-electron chi connectivity index (χ2n) is 4.35. The van der Waals surface area contributed by atoms with Crippen LogP contribution in [-0.4, -0.2) is 6.26 Å². The summed E-state index contributed by atoms with van der Waals surface area (Å²) in [6.45, 7) is 0. The van der Waals surface area contributed by atoms with E-state index in [4.69, 9.17) is 0 Å². The van der Waals surface area contributed by atoms with Crippen LogP contribution < -0.4 is 0 Å². The molecule has 0 atom stereocenters. The molecule has 0 fully saturated rings. The van der Waals surface area contributed by atoms with Gasteiger partial charge < -0.3 is 0 Å². The highest BCUT2D eigenvalue weighted by Gasteiger charge is 2.21. The summed E-state index contributed by atoms with van der Waals surface area (Å²) in [6.07, 6.45) is 6.98. The van der Waals surface area contributed by atoms with Crippen molar-refractivity contribution in [1.29, 1.82) is 5.26 Å². The predicted molar refractivity (Wildman–Crippen MR) is 75.0 cm³/mol. The van der Waals surface area contributed by atoms with Crippen LogP contribution in [0.2, 0.25) is 0 Å². The van der Waals surface area contributed by atoms with E-state index in [1.165, 1.54) is 45.4 Å². The first-order chi connectivity index (χ1) is 8.36. The van der Waals surface area contributed by atoms with E-state index >= 15 is 0 Å². The second kappa shape index (κ2) is 4.36. The summed E-state index contributed by atoms with van der Waals surface area (Å²) < 4.78 is 1.36. The Bertz CT molecular complexity index is 619. The molecule has 1 aromatic heterocycles. The first-order valence-corrected chi connectivity index (χ1v) is 7.96. The Hall–Kier alpha value is -0.980. The molecule has 0 spiro atoms. The normalized spacial score (nSPS) is 14.6. The quantitative estimate of drug-likeness (QED) is 0.710. The summed E-state index contributed by atoms with van der Waals surface area (Å²) in [5.74, 6) is 0. The van der Waals surface area contributed by atoms with Crippen molar-refractivity contribution in [3.8, 4) is 6.07 Å². The third-order valence-electron chi connectivity index (χ3n) is 3.49. The van der Waals surface area contributed by atoms with Crippen LogP contribution in [0.1, 0.15) is 29.5 Å². The molecule has 0 N–H and O–H groups in total. The molecule has 1 aromatic carbocycles. The third-order valence-corrected chi connectivity index (χ3v) is 5.33. The van der Waals surface area contributed by atoms with Crippen molar-refractivity contribution in [3.05, 3.63) is 28.1 Å². The maximum Gasteiger partial charge on any atom is 0.101 e. The molecule has 1 aliphatic rings. The van der Waals surface area contributed by atoms with Gasteiger partial charge in [-0.05, 0) is 54.5 Å². The molecule has 0 saturated carbocycles. The van der Waals surface area contributed by atoms with Gasteiger partial charge in [0.25, 0.3) is 0 Å². The lowest BCUT2D eigenvalue weighted by Crippen LogP contribution is -2.06. The average molecular weight is 259 g/mol. The molecule has 1 heterocycles. The van der Waals surface area contributed by atoms with E-state index in [-0.39, 0.29) is 0 Å². The molecule has 17 heavy (non-hydrogen) atoms. The maximum atomic E-state index is 9.41. The maximum absolute atomic E-state index is 9.41. The minimum absolute atomic E-state index is 0.898. The van der Waals surface area contributed by atoms with Gasteiger partial charge in [-0.1, -0.05) is 0 Å². The van der Waals surface area contributed by atoms with Gasteiger partial charge in [0.2, 0.25) is 0 Å². The number of thioether (sulfide) groups is 1. The fraction of sp³-hybridized carbons (Fsp3) is 0.357. The standard InChI is InChI=1S/C14H13NS2/c1-16-13-9-4-2-3-5-10(9)14-11(6-7-17-14)12(13)8-15/h6-7H,2-5H2,1H3. The molecule has 86 valence electrons. The number of aryl methyl sites for hydroxylation is 1. The van der Waals surface area contributed by atoms with Gasteiger partial charge in [0.05, 0.1) is 5.56 Å². The molecule has 0 unspecified atom stereocenters. The zero-order valence-corrected chi connectivity index (χ0v) is 11.4. The second-order valence-corrected chi connectivity index (χ2v) is 6.08. The van der Waals surface area contributed by atoms with Crippen LogP contribution in [0.4, 0.5) is 0 Å². The van der Waals surface area contributed by atoms with Crippen LogP contribution >= 0.6 is 23.1 Å². The van der Waals surface area contributed by atoms with E-state index < -0.39 is 0 Å². The highest BCUT2D eigenvalue weighted by Crippen LogP contribution is 2.41. The number of nitriles is 1. The molecule has 2 aromatic rings. The van der Waals surface area contributed by atoms with Crippen molar-refractivity contribution in [3.63, 3.8) is 0 Å². The molecule has 0 radical (unpaired) electrons. The van der Waals surface area contributed by atoms with Gasteiger partial charge in [0.15, 0.2) is 0 Å². The molecule has 3 heteroatoms. The SMILES string of the molecule is CSc1c2c(c3sccc3c1C#N)CCCC2. The summed E-state index contributed by atoms with van der Waals surface area (Å²) in [4.78, 5) is 1.23. The van der Waals surface area contributed by atoms with Gasteiger partial charge in [-0.3, -0.25) is 0 Å². The summed E-state index contributed by atoms with van der Waals surface area (Å²) in [6, 6.07) is 4.52. The lowest BCUT2D eigenvalue weighted by molar-refractivity contribution is 0.681. The van der Waals surface area contributed by atoms with Crippen molar-refractivity contribution in [2.45, 2.75) is 30.6 Å². The Morgan fingerprint density at radius 3 is 2.76 bits per heavy atom. The number of fused-ring (bicyclic) bond motifs is 3. The first kappa shape index (κ1) is 11.1. The highest BCUT2D eigenvalue weighted by molar-refractivity contribution is 7.98. The van der Waals surface area contributed by atoms with E-state index in [0.717, 1.165) is 12.0 Å². The Balaban J connectivity index is 2.45. The molecule has 0 amide bonds. The number of benzene rings is 1. The Kier molecular flexibility index (Phi) is 2.85. The van der Waals surface area contributed by atoms with Crippen LogP contribution in [0.5, 0.6) is 0 Å². The van der Waals surface area contributed by atoms with Crippen molar-refractivity contribution in [1.82, 2.24) is 0 Å². The average Bonchev–Trinajstić information content (AvgIpc) is 2.86. The Labute approximate surface area is 109 Å². The largest absolute Gasteiger partial charge is 0.192 e. The predicted octanol–water partition coefficient (Wildman–Crippen LogP) is 4.37. The van der Waals surface area contributed by atoms with Crippen molar-refractivity contribution in [2.24, 2.45) is 0 Å². The van der Waals surface area contributed by atoms with Gasteiger partial charge in [-0.25, -0.2) is 0 Å². The van der Waals surface area contributed by atoms with E-state index in [2.05, 4.69) is 23.8 Å². The van der Waals surface area contributed by atoms with Crippen molar-refractivity contribution >= 4 is 33.2 Å². The minimum atomic E-state index is 0.898. The Morgan fingerprint density at radius 1 is 1.29 bits per heavy atom. The minimum Gasteiger partial charge on any atom is -0.192 e. The molecule has 1 nitrogen and oxygen atoms in total. The summed E-state index contributed by atoms with van der Waals surface area (Å²) in [7, 11) is 0. The van der Waals surface area contributed by atoms with Crippen LogP contribution in [0.3, 0.4) is 0 Å². The van der Waals surface area contributed by atoms with Gasteiger partial charge >= 0.3 is 0 Å². The molecular weight excluding hydrogens is 246 g/mol. The van der Waals surface area contributed by atoms with Crippen LogP contribution in [0.15, 0.2) is 16.3 Å². The van der Waals surface area contributed by atoms with E-state index in [1.54, 1.807) is 23.1 Å². The Morgan fingerprint density at radius 2 is 2.06 bits per heavy atom. The number of hydrogen-bond acceptors (Lipinski definition) is 3. The summed E-state index contributed by atoms with van der Waals surface area (Å²) >= 11 is 3.53. The zero-order chi connectivity index (χ0) is 11.8. The van der Waals surface area contributed by atoms with Crippen LogP contribution in [0, 0.1) is 11.3 Å².